The van der Waals surface area contributed by atoms with Crippen molar-refractivity contribution in [2.45, 2.75) is 37.5 Å². The molecule has 1 fully saturated rings. The van der Waals surface area contributed by atoms with Crippen LogP contribution in [0.4, 0.5) is 17.6 Å². The minimum absolute atomic E-state index is 0.309. The topological polar surface area (TPSA) is 20.2 Å². The third kappa shape index (κ3) is 2.44. The van der Waals surface area contributed by atoms with Crippen LogP contribution in [0.5, 0.6) is 0 Å². The van der Waals surface area contributed by atoms with Crippen LogP contribution in [0, 0.1) is 5.82 Å². The van der Waals surface area contributed by atoms with E-state index in [2.05, 4.69) is 0 Å². The van der Waals surface area contributed by atoms with E-state index in [1.807, 2.05) is 0 Å². The van der Waals surface area contributed by atoms with Gasteiger partial charge in [-0.05, 0) is 30.5 Å². The first-order valence-electron chi connectivity index (χ1n) is 5.44. The molecule has 1 aliphatic carbocycles. The summed E-state index contributed by atoms with van der Waals surface area (Å²) in [7, 11) is 0. The van der Waals surface area contributed by atoms with Crippen LogP contribution in [-0.2, 0) is 6.18 Å². The number of aliphatic hydroxyl groups excluding tert-OH is 1. The van der Waals surface area contributed by atoms with Crippen LogP contribution in [0.1, 0.15) is 36.3 Å². The van der Waals surface area contributed by atoms with Gasteiger partial charge in [-0.2, -0.15) is 13.2 Å². The van der Waals surface area contributed by atoms with Gasteiger partial charge in [-0.1, -0.05) is 12.5 Å². The Morgan fingerprint density at radius 3 is 2.41 bits per heavy atom. The number of alkyl halides is 3. The van der Waals surface area contributed by atoms with Crippen molar-refractivity contribution in [3.8, 4) is 0 Å². The normalized spacial score (nSPS) is 25.2. The Kier molecular flexibility index (Phi) is 3.12. The number of hydrogen-bond acceptors (Lipinski definition) is 1. The molecule has 2 unspecified atom stereocenters. The Morgan fingerprint density at radius 2 is 1.88 bits per heavy atom. The Balaban J connectivity index is 2.37. The fourth-order valence-electron chi connectivity index (χ4n) is 2.32. The van der Waals surface area contributed by atoms with E-state index in [-0.39, 0.29) is 5.92 Å². The average Bonchev–Trinajstić information content (AvgIpc) is 2.63. The van der Waals surface area contributed by atoms with Crippen molar-refractivity contribution in [2.24, 2.45) is 0 Å². The summed E-state index contributed by atoms with van der Waals surface area (Å²) in [4.78, 5) is 0. The summed E-state index contributed by atoms with van der Waals surface area (Å²) in [5.74, 6) is -1.58. The maximum absolute atomic E-state index is 13.1. The molecule has 1 nitrogen and oxygen atoms in total. The van der Waals surface area contributed by atoms with Gasteiger partial charge in [0.2, 0.25) is 0 Å². The zero-order valence-electron chi connectivity index (χ0n) is 8.97. The SMILES string of the molecule is OC1CCCC1c1ccc(F)c(C(F)(F)F)c1. The van der Waals surface area contributed by atoms with Crippen molar-refractivity contribution in [3.05, 3.63) is 35.1 Å². The maximum atomic E-state index is 13.1. The largest absolute Gasteiger partial charge is 0.419 e. The van der Waals surface area contributed by atoms with Crippen molar-refractivity contribution in [2.75, 3.05) is 0 Å². The summed E-state index contributed by atoms with van der Waals surface area (Å²) >= 11 is 0. The molecule has 94 valence electrons. The predicted molar refractivity (Wildman–Crippen MR) is 54.0 cm³/mol. The van der Waals surface area contributed by atoms with Gasteiger partial charge in [0.05, 0.1) is 11.7 Å². The first-order valence-corrected chi connectivity index (χ1v) is 5.44. The Hall–Kier alpha value is -1.10. The third-order valence-corrected chi connectivity index (χ3v) is 3.20. The fraction of sp³-hybridized carbons (Fsp3) is 0.500. The molecule has 0 bridgehead atoms. The maximum Gasteiger partial charge on any atom is 0.419 e. The van der Waals surface area contributed by atoms with E-state index >= 15 is 0 Å². The molecule has 0 aromatic heterocycles. The van der Waals surface area contributed by atoms with Crippen molar-refractivity contribution in [1.29, 1.82) is 0 Å². The van der Waals surface area contributed by atoms with Crippen LogP contribution < -0.4 is 0 Å². The third-order valence-electron chi connectivity index (χ3n) is 3.20. The minimum atomic E-state index is -4.69. The molecule has 0 amide bonds. The average molecular weight is 248 g/mol. The molecule has 1 aliphatic rings. The highest BCUT2D eigenvalue weighted by Crippen LogP contribution is 2.38. The van der Waals surface area contributed by atoms with Gasteiger partial charge < -0.3 is 5.11 Å². The summed E-state index contributed by atoms with van der Waals surface area (Å²) in [5, 5.41) is 9.63. The lowest BCUT2D eigenvalue weighted by Gasteiger charge is -2.17. The van der Waals surface area contributed by atoms with Crippen molar-refractivity contribution >= 4 is 0 Å². The molecule has 0 radical (unpaired) electrons. The molecule has 0 spiro atoms. The van der Waals surface area contributed by atoms with Crippen LogP contribution in [0.15, 0.2) is 18.2 Å². The second-order valence-corrected chi connectivity index (χ2v) is 4.34. The Morgan fingerprint density at radius 1 is 1.18 bits per heavy atom. The first-order chi connectivity index (χ1) is 7.89. The summed E-state index contributed by atoms with van der Waals surface area (Å²) in [6.45, 7) is 0. The van der Waals surface area contributed by atoms with Crippen LogP contribution in [0.25, 0.3) is 0 Å². The molecule has 1 N–H and O–H groups in total. The highest BCUT2D eigenvalue weighted by molar-refractivity contribution is 5.31. The zero-order chi connectivity index (χ0) is 12.6. The fourth-order valence-corrected chi connectivity index (χ4v) is 2.32. The lowest BCUT2D eigenvalue weighted by Crippen LogP contribution is -2.14. The van der Waals surface area contributed by atoms with Crippen LogP contribution >= 0.6 is 0 Å². The van der Waals surface area contributed by atoms with E-state index in [1.54, 1.807) is 0 Å². The quantitative estimate of drug-likeness (QED) is 0.754. The van der Waals surface area contributed by atoms with E-state index in [9.17, 15) is 22.7 Å². The number of hydrogen-bond donors (Lipinski definition) is 1. The van der Waals surface area contributed by atoms with E-state index in [4.69, 9.17) is 0 Å². The van der Waals surface area contributed by atoms with E-state index in [0.29, 0.717) is 18.4 Å². The molecule has 5 heteroatoms. The molecule has 0 heterocycles. The van der Waals surface area contributed by atoms with Gasteiger partial charge in [-0.15, -0.1) is 0 Å². The molecule has 17 heavy (non-hydrogen) atoms. The van der Waals surface area contributed by atoms with E-state index in [1.165, 1.54) is 6.07 Å². The highest BCUT2D eigenvalue weighted by atomic mass is 19.4. The van der Waals surface area contributed by atoms with Gasteiger partial charge in [-0.25, -0.2) is 4.39 Å². The number of aliphatic hydroxyl groups is 1. The van der Waals surface area contributed by atoms with Crippen LogP contribution in [-0.4, -0.2) is 11.2 Å². The monoisotopic (exact) mass is 248 g/mol. The molecule has 2 rings (SSSR count). The van der Waals surface area contributed by atoms with Crippen LogP contribution in [0.3, 0.4) is 0 Å². The molecule has 1 aromatic rings. The summed E-state index contributed by atoms with van der Waals surface area (Å²) in [6, 6.07) is 2.96. The van der Waals surface area contributed by atoms with Gasteiger partial charge in [-0.3, -0.25) is 0 Å². The van der Waals surface area contributed by atoms with E-state index < -0.39 is 23.7 Å². The van der Waals surface area contributed by atoms with Gasteiger partial charge in [0, 0.05) is 5.92 Å². The molecule has 1 saturated carbocycles. The second kappa shape index (κ2) is 4.29. The number of halogens is 4. The van der Waals surface area contributed by atoms with Gasteiger partial charge in [0.1, 0.15) is 5.82 Å². The molecule has 1 aromatic carbocycles. The second-order valence-electron chi connectivity index (χ2n) is 4.34. The van der Waals surface area contributed by atoms with Gasteiger partial charge in [0.25, 0.3) is 0 Å². The number of benzene rings is 1. The minimum Gasteiger partial charge on any atom is -0.392 e. The number of rotatable bonds is 1. The lowest BCUT2D eigenvalue weighted by atomic mass is 9.94. The van der Waals surface area contributed by atoms with Crippen molar-refractivity contribution in [3.63, 3.8) is 0 Å². The molecule has 0 saturated heterocycles. The highest BCUT2D eigenvalue weighted by Gasteiger charge is 2.36. The lowest BCUT2D eigenvalue weighted by molar-refractivity contribution is -0.140. The smallest absolute Gasteiger partial charge is 0.392 e. The predicted octanol–water partition coefficient (Wildman–Crippen LogP) is 3.47. The van der Waals surface area contributed by atoms with Gasteiger partial charge >= 0.3 is 6.18 Å². The Labute approximate surface area is 96.1 Å². The molecule has 0 aliphatic heterocycles. The van der Waals surface area contributed by atoms with Crippen molar-refractivity contribution < 1.29 is 22.7 Å². The van der Waals surface area contributed by atoms with Crippen LogP contribution in [0.2, 0.25) is 0 Å². The molecular weight excluding hydrogens is 236 g/mol. The Bertz CT molecular complexity index is 413. The van der Waals surface area contributed by atoms with Crippen molar-refractivity contribution in [1.82, 2.24) is 0 Å². The van der Waals surface area contributed by atoms with E-state index in [0.717, 1.165) is 18.6 Å². The summed E-state index contributed by atoms with van der Waals surface area (Å²) < 4.78 is 50.6. The molecule has 2 atom stereocenters. The summed E-state index contributed by atoms with van der Waals surface area (Å²) in [6.07, 6.45) is -3.30. The standard InChI is InChI=1S/C12H12F4O/c13-10-5-4-7(6-9(10)12(14,15)16)8-2-1-3-11(8)17/h4-6,8,11,17H,1-3H2. The first kappa shape index (κ1) is 12.4. The molecular formula is C12H12F4O. The van der Waals surface area contributed by atoms with Gasteiger partial charge in [0.15, 0.2) is 0 Å². The zero-order valence-corrected chi connectivity index (χ0v) is 8.97. The summed E-state index contributed by atoms with van der Waals surface area (Å²) in [5.41, 5.74) is -0.891.